The number of benzene rings is 2. The fourth-order valence-corrected chi connectivity index (χ4v) is 3.82. The topological polar surface area (TPSA) is 135 Å². The minimum Gasteiger partial charge on any atom is -0.397 e. The minimum atomic E-state index is -0.194. The van der Waals surface area contributed by atoms with Crippen LogP contribution in [0.15, 0.2) is 77.1 Å². The van der Waals surface area contributed by atoms with Gasteiger partial charge >= 0.3 is 0 Å². The molecule has 2 aromatic rings. The van der Waals surface area contributed by atoms with E-state index in [4.69, 9.17) is 15.9 Å². The average Bonchev–Trinajstić information content (AvgIpc) is 2.90. The van der Waals surface area contributed by atoms with Crippen molar-refractivity contribution in [3.8, 4) is 0 Å². The molecule has 7 N–H and O–H groups in total. The fraction of sp³-hybridized carbons (Fsp3) is 0.357. The van der Waals surface area contributed by atoms with Gasteiger partial charge in [0.1, 0.15) is 0 Å². The van der Waals surface area contributed by atoms with Crippen LogP contribution in [0.2, 0.25) is 0 Å². The lowest BCUT2D eigenvalue weighted by molar-refractivity contribution is -0.111. The Morgan fingerprint density at radius 2 is 1.43 bits per heavy atom. The second-order valence-electron chi connectivity index (χ2n) is 8.76. The van der Waals surface area contributed by atoms with E-state index >= 15 is 0 Å². The van der Waals surface area contributed by atoms with E-state index in [9.17, 15) is 4.79 Å². The molecule has 0 aliphatic heterocycles. The third-order valence-corrected chi connectivity index (χ3v) is 5.80. The van der Waals surface area contributed by atoms with E-state index in [-0.39, 0.29) is 19.0 Å². The van der Waals surface area contributed by atoms with E-state index in [1.54, 1.807) is 6.08 Å². The first-order valence-electron chi connectivity index (χ1n) is 12.7. The van der Waals surface area contributed by atoms with Crippen LogP contribution >= 0.6 is 0 Å². The Bertz CT molecular complexity index is 1090. The first-order valence-corrected chi connectivity index (χ1v) is 12.7. The molecule has 0 radical (unpaired) electrons. The van der Waals surface area contributed by atoms with Crippen LogP contribution in [0.4, 0.5) is 22.7 Å². The molecular weight excluding hydrogens is 468 g/mol. The van der Waals surface area contributed by atoms with Crippen molar-refractivity contribution in [2.45, 2.75) is 19.8 Å². The molecule has 0 saturated heterocycles. The zero-order valence-electron chi connectivity index (χ0n) is 21.4. The molecule has 3 rings (SSSR count). The van der Waals surface area contributed by atoms with Gasteiger partial charge in [0, 0.05) is 49.3 Å². The van der Waals surface area contributed by atoms with Gasteiger partial charge in [-0.05, 0) is 74.0 Å². The predicted molar refractivity (Wildman–Crippen MR) is 151 cm³/mol. The molecule has 1 aliphatic rings. The summed E-state index contributed by atoms with van der Waals surface area (Å²) in [6, 6.07) is 15.5. The van der Waals surface area contributed by atoms with Crippen molar-refractivity contribution in [3.63, 3.8) is 0 Å². The Kier molecular flexibility index (Phi) is 11.2. The number of anilines is 3. The highest BCUT2D eigenvalue weighted by Crippen LogP contribution is 2.21. The molecular formula is C28H38N6O3. The van der Waals surface area contributed by atoms with Gasteiger partial charge in [0.05, 0.1) is 36.0 Å². The number of carbonyl (C=O) groups excluding carboxylic acids is 1. The van der Waals surface area contributed by atoms with Gasteiger partial charge in [0.25, 0.3) is 0 Å². The third-order valence-electron chi connectivity index (χ3n) is 5.80. The highest BCUT2D eigenvalue weighted by Gasteiger charge is 2.17. The van der Waals surface area contributed by atoms with E-state index in [1.165, 1.54) is 6.08 Å². The second kappa shape index (κ2) is 14.8. The van der Waals surface area contributed by atoms with Crippen LogP contribution in [-0.4, -0.2) is 72.5 Å². The molecule has 0 atom stereocenters. The highest BCUT2D eigenvalue weighted by molar-refractivity contribution is 6.23. The molecule has 0 heterocycles. The number of ketones is 1. The fourth-order valence-electron chi connectivity index (χ4n) is 3.82. The number of carbonyl (C=O) groups is 1. The van der Waals surface area contributed by atoms with Crippen LogP contribution < -0.4 is 21.7 Å². The summed E-state index contributed by atoms with van der Waals surface area (Å²) in [6.07, 6.45) is 5.01. The Hall–Kier alpha value is -3.66. The average molecular weight is 507 g/mol. The molecule has 0 unspecified atom stereocenters. The second-order valence-corrected chi connectivity index (χ2v) is 8.76. The SMILES string of the molecule is CCCNc1ccc(NC2=CC(=Nc3ccc(NCCCN(CCO)CCO)cc3)C(N)=CC2=O)cc1. The Balaban J connectivity index is 1.58. The number of rotatable bonds is 15. The standard InChI is InChI=1S/C28H38N6O3/c1-2-12-30-21-4-10-24(11-5-21)33-27-20-26(25(29)19-28(27)37)32-23-8-6-22(7-9-23)31-13-3-14-34(15-17-35)16-18-36/h4-11,19-20,30-31,33,35-36H,2-3,12-18,29H2,1H3. The molecule has 1 aliphatic carbocycles. The smallest absolute Gasteiger partial charge is 0.204 e. The number of allylic oxidation sites excluding steroid dienone is 2. The summed E-state index contributed by atoms with van der Waals surface area (Å²) in [5, 5.41) is 28.1. The highest BCUT2D eigenvalue weighted by atomic mass is 16.3. The Morgan fingerprint density at radius 1 is 0.838 bits per heavy atom. The van der Waals surface area contributed by atoms with Gasteiger partial charge in [-0.3, -0.25) is 9.69 Å². The van der Waals surface area contributed by atoms with Gasteiger partial charge in [-0.2, -0.15) is 0 Å². The maximum atomic E-state index is 12.5. The van der Waals surface area contributed by atoms with Gasteiger partial charge in [-0.15, -0.1) is 0 Å². The van der Waals surface area contributed by atoms with Crippen LogP contribution in [0.25, 0.3) is 0 Å². The van der Waals surface area contributed by atoms with Crippen molar-refractivity contribution in [1.82, 2.24) is 4.90 Å². The van der Waals surface area contributed by atoms with E-state index < -0.39 is 0 Å². The molecule has 0 saturated carbocycles. The van der Waals surface area contributed by atoms with Crippen molar-refractivity contribution < 1.29 is 15.0 Å². The Morgan fingerprint density at radius 3 is 2.05 bits per heavy atom. The number of aliphatic imine (C=N–C) groups is 1. The summed E-state index contributed by atoms with van der Waals surface area (Å²) in [4.78, 5) is 19.2. The molecule has 0 aromatic heterocycles. The zero-order valence-corrected chi connectivity index (χ0v) is 21.4. The number of hydrogen-bond donors (Lipinski definition) is 6. The molecule has 0 amide bonds. The van der Waals surface area contributed by atoms with Crippen LogP contribution in [0.5, 0.6) is 0 Å². The number of aliphatic hydroxyl groups is 2. The van der Waals surface area contributed by atoms with Gasteiger partial charge < -0.3 is 31.9 Å². The normalized spacial score (nSPS) is 14.5. The summed E-state index contributed by atoms with van der Waals surface area (Å²) in [5.41, 5.74) is 10.9. The number of nitrogens with one attached hydrogen (secondary N) is 3. The lowest BCUT2D eigenvalue weighted by Gasteiger charge is -2.20. The van der Waals surface area contributed by atoms with Crippen molar-refractivity contribution in [2.24, 2.45) is 10.7 Å². The quantitative estimate of drug-likeness (QED) is 0.160. The van der Waals surface area contributed by atoms with E-state index in [2.05, 4.69) is 27.9 Å². The number of nitrogens with two attached hydrogens (primary N) is 1. The third kappa shape index (κ3) is 9.05. The first kappa shape index (κ1) is 27.9. The molecule has 198 valence electrons. The van der Waals surface area contributed by atoms with Crippen LogP contribution in [-0.2, 0) is 4.79 Å². The first-order chi connectivity index (χ1) is 18.0. The molecule has 37 heavy (non-hydrogen) atoms. The minimum absolute atomic E-state index is 0.0853. The molecule has 9 heteroatoms. The van der Waals surface area contributed by atoms with Gasteiger partial charge in [-0.1, -0.05) is 6.92 Å². The lowest BCUT2D eigenvalue weighted by Crippen LogP contribution is -2.31. The number of hydrogen-bond acceptors (Lipinski definition) is 9. The van der Waals surface area contributed by atoms with Crippen LogP contribution in [0, 0.1) is 0 Å². The molecule has 0 spiro atoms. The molecule has 2 aromatic carbocycles. The zero-order chi connectivity index (χ0) is 26.5. The summed E-state index contributed by atoms with van der Waals surface area (Å²) in [6.45, 7) is 5.89. The Labute approximate surface area is 218 Å². The van der Waals surface area contributed by atoms with E-state index in [0.717, 1.165) is 55.2 Å². The summed E-state index contributed by atoms with van der Waals surface area (Å²) < 4.78 is 0. The van der Waals surface area contributed by atoms with Gasteiger partial charge in [0.15, 0.2) is 0 Å². The lowest BCUT2D eigenvalue weighted by atomic mass is 10.1. The summed E-state index contributed by atoms with van der Waals surface area (Å²) in [5.74, 6) is -0.194. The maximum Gasteiger partial charge on any atom is 0.204 e. The van der Waals surface area contributed by atoms with Crippen LogP contribution in [0.1, 0.15) is 19.8 Å². The molecule has 0 bridgehead atoms. The number of aliphatic hydroxyl groups excluding tert-OH is 2. The van der Waals surface area contributed by atoms with E-state index in [0.29, 0.717) is 30.2 Å². The number of nitrogens with zero attached hydrogens (tertiary/aromatic N) is 2. The van der Waals surface area contributed by atoms with Crippen molar-refractivity contribution in [1.29, 1.82) is 0 Å². The largest absolute Gasteiger partial charge is 0.397 e. The summed E-state index contributed by atoms with van der Waals surface area (Å²) >= 11 is 0. The predicted octanol–water partition coefficient (Wildman–Crippen LogP) is 3.09. The van der Waals surface area contributed by atoms with Gasteiger partial charge in [-0.25, -0.2) is 4.99 Å². The van der Waals surface area contributed by atoms with Crippen molar-refractivity contribution in [2.75, 3.05) is 61.9 Å². The van der Waals surface area contributed by atoms with Crippen molar-refractivity contribution >= 4 is 34.2 Å². The monoisotopic (exact) mass is 506 g/mol. The summed E-state index contributed by atoms with van der Waals surface area (Å²) in [7, 11) is 0. The van der Waals surface area contributed by atoms with Gasteiger partial charge in [0.2, 0.25) is 5.78 Å². The van der Waals surface area contributed by atoms with Crippen LogP contribution in [0.3, 0.4) is 0 Å². The van der Waals surface area contributed by atoms with Crippen molar-refractivity contribution in [3.05, 3.63) is 72.1 Å². The maximum absolute atomic E-state index is 12.5. The molecule has 0 fully saturated rings. The van der Waals surface area contributed by atoms with E-state index in [1.807, 2.05) is 53.4 Å². The molecule has 9 nitrogen and oxygen atoms in total.